The predicted molar refractivity (Wildman–Crippen MR) is 65.4 cm³/mol. The molecule has 0 bridgehead atoms. The lowest BCUT2D eigenvalue weighted by Crippen LogP contribution is -2.24. The first-order valence-electron chi connectivity index (χ1n) is 5.75. The topological polar surface area (TPSA) is 69.9 Å². The fourth-order valence-electron chi connectivity index (χ4n) is 1.62. The Morgan fingerprint density at radius 3 is 2.76 bits per heavy atom. The maximum atomic E-state index is 9.94. The zero-order chi connectivity index (χ0) is 12.7. The molecule has 1 fully saturated rings. The maximum absolute atomic E-state index is 9.94. The number of hydrogen-bond donors (Lipinski definition) is 3. The molecular formula is C13H20O4. The third kappa shape index (κ3) is 4.44. The molecule has 0 aliphatic carbocycles. The number of aliphatic hydroxyl groups excluding tert-OH is 3. The Kier molecular flexibility index (Phi) is 6.15. The van der Waals surface area contributed by atoms with Crippen molar-refractivity contribution in [3.8, 4) is 0 Å². The summed E-state index contributed by atoms with van der Waals surface area (Å²) in [5.74, 6) is -0.0351. The van der Waals surface area contributed by atoms with E-state index in [1.807, 2.05) is 31.2 Å². The largest absolute Gasteiger partial charge is 0.393 e. The Labute approximate surface area is 102 Å². The average molecular weight is 240 g/mol. The van der Waals surface area contributed by atoms with Gasteiger partial charge in [-0.3, -0.25) is 0 Å². The van der Waals surface area contributed by atoms with Gasteiger partial charge in [0.1, 0.15) is 6.10 Å². The molecule has 0 spiro atoms. The van der Waals surface area contributed by atoms with Gasteiger partial charge in [-0.25, -0.2) is 0 Å². The fourth-order valence-corrected chi connectivity index (χ4v) is 1.62. The van der Waals surface area contributed by atoms with Gasteiger partial charge in [-0.15, -0.1) is 0 Å². The van der Waals surface area contributed by atoms with Crippen molar-refractivity contribution in [3.63, 3.8) is 0 Å². The van der Waals surface area contributed by atoms with Gasteiger partial charge in [0.2, 0.25) is 0 Å². The van der Waals surface area contributed by atoms with Gasteiger partial charge in [0, 0.05) is 5.92 Å². The summed E-state index contributed by atoms with van der Waals surface area (Å²) in [5.41, 5.74) is 0. The van der Waals surface area contributed by atoms with Gasteiger partial charge in [-0.1, -0.05) is 36.5 Å². The molecule has 0 aromatic rings. The summed E-state index contributed by atoms with van der Waals surface area (Å²) in [5, 5.41) is 27.7. The second kappa shape index (κ2) is 7.40. The molecule has 1 heterocycles. The van der Waals surface area contributed by atoms with E-state index in [0.717, 1.165) is 0 Å². The number of allylic oxidation sites excluding steroid dienone is 3. The average Bonchev–Trinajstić information content (AvgIpc) is 2.68. The predicted octanol–water partition coefficient (Wildman–Crippen LogP) is 0.404. The molecule has 4 unspecified atom stereocenters. The van der Waals surface area contributed by atoms with Gasteiger partial charge in [-0.05, 0) is 6.92 Å². The molecule has 1 aliphatic heterocycles. The summed E-state index contributed by atoms with van der Waals surface area (Å²) in [6.07, 6.45) is 8.69. The van der Waals surface area contributed by atoms with Crippen molar-refractivity contribution in [2.75, 3.05) is 13.2 Å². The molecule has 3 N–H and O–H groups in total. The van der Waals surface area contributed by atoms with Crippen LogP contribution in [0.15, 0.2) is 36.5 Å². The van der Waals surface area contributed by atoms with E-state index >= 15 is 0 Å². The van der Waals surface area contributed by atoms with E-state index in [4.69, 9.17) is 14.9 Å². The van der Waals surface area contributed by atoms with Crippen LogP contribution >= 0.6 is 0 Å². The zero-order valence-corrected chi connectivity index (χ0v) is 9.94. The highest BCUT2D eigenvalue weighted by Gasteiger charge is 2.32. The molecule has 96 valence electrons. The second-order valence-corrected chi connectivity index (χ2v) is 4.00. The van der Waals surface area contributed by atoms with Crippen molar-refractivity contribution >= 4 is 0 Å². The van der Waals surface area contributed by atoms with E-state index in [-0.39, 0.29) is 12.5 Å². The third-order valence-corrected chi connectivity index (χ3v) is 2.63. The summed E-state index contributed by atoms with van der Waals surface area (Å²) in [6.45, 7) is 2.05. The van der Waals surface area contributed by atoms with Gasteiger partial charge in [0.05, 0.1) is 25.4 Å². The number of hydrogen-bond acceptors (Lipinski definition) is 4. The molecule has 0 amide bonds. The normalized spacial score (nSPS) is 32.1. The standard InChI is InChI=1S/C13H20O4/c1-2-3-4-5-10-9-17-12(13(10)16)7-6-11(15)8-14/h2-7,10-16H,8-9H2,1H3. The molecule has 1 saturated heterocycles. The van der Waals surface area contributed by atoms with Crippen LogP contribution in [0.3, 0.4) is 0 Å². The molecule has 0 aromatic heterocycles. The first kappa shape index (κ1) is 14.1. The number of rotatable bonds is 5. The highest BCUT2D eigenvalue weighted by atomic mass is 16.5. The summed E-state index contributed by atoms with van der Waals surface area (Å²) in [4.78, 5) is 0. The Balaban J connectivity index is 2.49. The van der Waals surface area contributed by atoms with Crippen molar-refractivity contribution in [3.05, 3.63) is 36.5 Å². The van der Waals surface area contributed by atoms with Crippen molar-refractivity contribution < 1.29 is 20.1 Å². The van der Waals surface area contributed by atoms with Crippen LogP contribution in [-0.2, 0) is 4.74 Å². The molecule has 0 saturated carbocycles. The molecular weight excluding hydrogens is 220 g/mol. The van der Waals surface area contributed by atoms with E-state index in [1.54, 1.807) is 6.08 Å². The van der Waals surface area contributed by atoms with Crippen LogP contribution in [0.1, 0.15) is 6.92 Å². The van der Waals surface area contributed by atoms with Crippen LogP contribution < -0.4 is 0 Å². The molecule has 1 aliphatic rings. The first-order valence-corrected chi connectivity index (χ1v) is 5.75. The summed E-state index contributed by atoms with van der Waals surface area (Å²) < 4.78 is 5.40. The minimum Gasteiger partial charge on any atom is -0.393 e. The first-order chi connectivity index (χ1) is 8.19. The van der Waals surface area contributed by atoms with Crippen molar-refractivity contribution in [2.45, 2.75) is 25.2 Å². The minimum absolute atomic E-state index is 0.0351. The Bertz CT molecular complexity index is 296. The van der Waals surface area contributed by atoms with Crippen molar-refractivity contribution in [2.24, 2.45) is 5.92 Å². The zero-order valence-electron chi connectivity index (χ0n) is 9.94. The number of aliphatic hydroxyl groups is 3. The van der Waals surface area contributed by atoms with E-state index in [0.29, 0.717) is 6.61 Å². The molecule has 0 aromatic carbocycles. The molecule has 0 radical (unpaired) electrons. The van der Waals surface area contributed by atoms with Gasteiger partial charge >= 0.3 is 0 Å². The third-order valence-electron chi connectivity index (χ3n) is 2.63. The van der Waals surface area contributed by atoms with Gasteiger partial charge in [0.25, 0.3) is 0 Å². The quantitative estimate of drug-likeness (QED) is 0.481. The van der Waals surface area contributed by atoms with E-state index in [2.05, 4.69) is 0 Å². The smallest absolute Gasteiger partial charge is 0.102 e. The molecule has 4 heteroatoms. The van der Waals surface area contributed by atoms with E-state index in [9.17, 15) is 5.11 Å². The molecule has 4 atom stereocenters. The van der Waals surface area contributed by atoms with Gasteiger partial charge in [-0.2, -0.15) is 0 Å². The Morgan fingerprint density at radius 1 is 1.35 bits per heavy atom. The summed E-state index contributed by atoms with van der Waals surface area (Å²) >= 11 is 0. The second-order valence-electron chi connectivity index (χ2n) is 4.00. The van der Waals surface area contributed by atoms with Gasteiger partial charge < -0.3 is 20.1 Å². The molecule has 17 heavy (non-hydrogen) atoms. The maximum Gasteiger partial charge on any atom is 0.102 e. The van der Waals surface area contributed by atoms with Gasteiger partial charge in [0.15, 0.2) is 0 Å². The fraction of sp³-hybridized carbons (Fsp3) is 0.538. The lowest BCUT2D eigenvalue weighted by Gasteiger charge is -2.12. The highest BCUT2D eigenvalue weighted by molar-refractivity contribution is 5.09. The Hall–Kier alpha value is -0.940. The molecule has 4 nitrogen and oxygen atoms in total. The minimum atomic E-state index is -0.900. The van der Waals surface area contributed by atoms with E-state index < -0.39 is 18.3 Å². The van der Waals surface area contributed by atoms with Crippen LogP contribution in [0, 0.1) is 5.92 Å². The Morgan fingerprint density at radius 2 is 2.12 bits per heavy atom. The lowest BCUT2D eigenvalue weighted by atomic mass is 10.0. The van der Waals surface area contributed by atoms with Crippen LogP contribution in [0.4, 0.5) is 0 Å². The van der Waals surface area contributed by atoms with Crippen LogP contribution in [0.5, 0.6) is 0 Å². The van der Waals surface area contributed by atoms with Crippen molar-refractivity contribution in [1.82, 2.24) is 0 Å². The SMILES string of the molecule is CC=CC=CC1COC(C=CC(O)CO)C1O. The van der Waals surface area contributed by atoms with E-state index in [1.165, 1.54) is 6.08 Å². The monoisotopic (exact) mass is 240 g/mol. The number of ether oxygens (including phenoxy) is 1. The highest BCUT2D eigenvalue weighted by Crippen LogP contribution is 2.22. The molecule has 1 rings (SSSR count). The summed E-state index contributed by atoms with van der Waals surface area (Å²) in [7, 11) is 0. The van der Waals surface area contributed by atoms with Crippen LogP contribution in [0.25, 0.3) is 0 Å². The van der Waals surface area contributed by atoms with Crippen LogP contribution in [-0.4, -0.2) is 46.8 Å². The van der Waals surface area contributed by atoms with Crippen molar-refractivity contribution in [1.29, 1.82) is 0 Å². The lowest BCUT2D eigenvalue weighted by molar-refractivity contribution is 0.0704. The summed E-state index contributed by atoms with van der Waals surface area (Å²) in [6, 6.07) is 0. The van der Waals surface area contributed by atoms with Crippen LogP contribution in [0.2, 0.25) is 0 Å².